The van der Waals surface area contributed by atoms with Crippen LogP contribution >= 0.6 is 0 Å². The van der Waals surface area contributed by atoms with Crippen LogP contribution in [0, 0.1) is 28.1 Å². The number of fused-ring (bicyclic) bond motifs is 3. The summed E-state index contributed by atoms with van der Waals surface area (Å²) in [6, 6.07) is 0. The van der Waals surface area contributed by atoms with Crippen LogP contribution < -0.4 is 0 Å². The molecule has 2 nitrogen and oxygen atoms in total. The third-order valence-electron chi connectivity index (χ3n) is 7.56. The van der Waals surface area contributed by atoms with Gasteiger partial charge in [0.25, 0.3) is 0 Å². The molecular weight excluding hydrogens is 272 g/mol. The summed E-state index contributed by atoms with van der Waals surface area (Å²) in [4.78, 5) is 24.1. The molecule has 0 aliphatic heterocycles. The Morgan fingerprint density at radius 2 is 1.82 bits per heavy atom. The molecule has 0 aromatic rings. The highest BCUT2D eigenvalue weighted by molar-refractivity contribution is 5.93. The molecule has 3 aliphatic rings. The van der Waals surface area contributed by atoms with Gasteiger partial charge < -0.3 is 0 Å². The van der Waals surface area contributed by atoms with Gasteiger partial charge in [-0.3, -0.25) is 9.59 Å². The van der Waals surface area contributed by atoms with Crippen LogP contribution in [-0.2, 0) is 9.59 Å². The van der Waals surface area contributed by atoms with Crippen molar-refractivity contribution in [3.63, 3.8) is 0 Å². The molecule has 22 heavy (non-hydrogen) atoms. The molecule has 2 fully saturated rings. The second-order valence-electron chi connectivity index (χ2n) is 9.14. The molecule has 3 rings (SSSR count). The Bertz CT molecular complexity index is 530. The lowest BCUT2D eigenvalue weighted by atomic mass is 9.42. The Kier molecular flexibility index (Phi) is 3.66. The molecule has 3 aliphatic carbocycles. The van der Waals surface area contributed by atoms with E-state index in [0.29, 0.717) is 35.0 Å². The average molecular weight is 302 g/mol. The molecule has 0 saturated heterocycles. The van der Waals surface area contributed by atoms with Crippen molar-refractivity contribution in [2.24, 2.45) is 28.1 Å². The summed E-state index contributed by atoms with van der Waals surface area (Å²) in [5.74, 6) is 1.39. The number of hydrogen-bond acceptors (Lipinski definition) is 2. The van der Waals surface area contributed by atoms with E-state index in [1.807, 2.05) is 0 Å². The fourth-order valence-corrected chi connectivity index (χ4v) is 6.33. The molecule has 4 atom stereocenters. The zero-order valence-corrected chi connectivity index (χ0v) is 14.6. The maximum atomic E-state index is 12.9. The lowest BCUT2D eigenvalue weighted by Crippen LogP contribution is -2.56. The van der Waals surface area contributed by atoms with Crippen LogP contribution in [0.4, 0.5) is 0 Å². The minimum Gasteiger partial charge on any atom is -0.299 e. The molecule has 0 aromatic carbocycles. The second-order valence-corrected chi connectivity index (χ2v) is 9.14. The third kappa shape index (κ3) is 2.13. The lowest BCUT2D eigenvalue weighted by Gasteiger charge is -2.62. The highest BCUT2D eigenvalue weighted by Crippen LogP contribution is 2.65. The second kappa shape index (κ2) is 5.04. The Morgan fingerprint density at radius 3 is 2.50 bits per heavy atom. The quantitative estimate of drug-likeness (QED) is 0.657. The molecule has 0 bridgehead atoms. The minimum absolute atomic E-state index is 0.235. The predicted octanol–water partition coefficient (Wildman–Crippen LogP) is 4.72. The van der Waals surface area contributed by atoms with E-state index in [9.17, 15) is 9.59 Å². The van der Waals surface area contributed by atoms with Crippen molar-refractivity contribution in [2.45, 2.75) is 72.6 Å². The largest absolute Gasteiger partial charge is 0.299 e. The summed E-state index contributed by atoms with van der Waals surface area (Å²) in [5.41, 5.74) is 1.08. The molecule has 0 aromatic heterocycles. The first-order chi connectivity index (χ1) is 10.2. The molecule has 0 spiro atoms. The maximum Gasteiger partial charge on any atom is 0.146 e. The van der Waals surface area contributed by atoms with Gasteiger partial charge in [-0.05, 0) is 60.3 Å². The zero-order chi connectivity index (χ0) is 16.2. The zero-order valence-electron chi connectivity index (χ0n) is 14.6. The number of ketones is 1. The number of allylic oxidation sites excluding steroid dienone is 2. The van der Waals surface area contributed by atoms with E-state index >= 15 is 0 Å². The van der Waals surface area contributed by atoms with Crippen molar-refractivity contribution in [1.29, 1.82) is 0 Å². The van der Waals surface area contributed by atoms with E-state index < -0.39 is 0 Å². The van der Waals surface area contributed by atoms with E-state index in [1.165, 1.54) is 25.7 Å². The van der Waals surface area contributed by atoms with Crippen LogP contribution in [0.1, 0.15) is 72.6 Å². The van der Waals surface area contributed by atoms with Gasteiger partial charge in [-0.25, -0.2) is 0 Å². The smallest absolute Gasteiger partial charge is 0.146 e. The summed E-state index contributed by atoms with van der Waals surface area (Å²) in [6.45, 7) is 9.46. The fraction of sp³-hybridized carbons (Fsp3) is 0.800. The first-order valence-electron chi connectivity index (χ1n) is 8.91. The van der Waals surface area contributed by atoms with E-state index in [0.717, 1.165) is 19.1 Å². The lowest BCUT2D eigenvalue weighted by molar-refractivity contribution is -0.155. The van der Waals surface area contributed by atoms with Crippen LogP contribution in [0.15, 0.2) is 11.6 Å². The van der Waals surface area contributed by atoms with Gasteiger partial charge in [0, 0.05) is 11.8 Å². The molecular formula is C20H30O2. The van der Waals surface area contributed by atoms with Crippen LogP contribution in [0.25, 0.3) is 0 Å². The Hall–Kier alpha value is -0.920. The molecule has 4 unspecified atom stereocenters. The molecule has 2 saturated carbocycles. The summed E-state index contributed by atoms with van der Waals surface area (Å²) < 4.78 is 0. The fourth-order valence-electron chi connectivity index (χ4n) is 6.33. The molecule has 0 amide bonds. The van der Waals surface area contributed by atoms with Crippen molar-refractivity contribution >= 4 is 12.1 Å². The summed E-state index contributed by atoms with van der Waals surface area (Å²) in [7, 11) is 0. The Morgan fingerprint density at radius 1 is 1.09 bits per heavy atom. The first kappa shape index (κ1) is 16.0. The van der Waals surface area contributed by atoms with Crippen LogP contribution in [0.5, 0.6) is 0 Å². The van der Waals surface area contributed by atoms with Crippen LogP contribution in [-0.4, -0.2) is 12.1 Å². The van der Waals surface area contributed by atoms with Crippen LogP contribution in [0.3, 0.4) is 0 Å². The highest BCUT2D eigenvalue weighted by Gasteiger charge is 2.60. The first-order valence-corrected chi connectivity index (χ1v) is 8.91. The average Bonchev–Trinajstić information content (AvgIpc) is 2.56. The monoisotopic (exact) mass is 302 g/mol. The van der Waals surface area contributed by atoms with Crippen molar-refractivity contribution in [3.05, 3.63) is 11.6 Å². The van der Waals surface area contributed by atoms with Crippen molar-refractivity contribution in [1.82, 2.24) is 0 Å². The normalized spacial score (nSPS) is 44.4. The van der Waals surface area contributed by atoms with Crippen molar-refractivity contribution < 1.29 is 9.59 Å². The van der Waals surface area contributed by atoms with Gasteiger partial charge in [-0.15, -0.1) is 0 Å². The molecule has 0 heterocycles. The predicted molar refractivity (Wildman–Crippen MR) is 88.4 cm³/mol. The summed E-state index contributed by atoms with van der Waals surface area (Å²) >= 11 is 0. The van der Waals surface area contributed by atoms with Gasteiger partial charge in [0.15, 0.2) is 0 Å². The summed E-state index contributed by atoms with van der Waals surface area (Å²) in [6.07, 6.45) is 10.2. The van der Waals surface area contributed by atoms with E-state index in [4.69, 9.17) is 0 Å². The molecule has 122 valence electrons. The number of rotatable bonds is 1. The molecule has 2 heteroatoms. The number of aldehydes is 1. The minimum atomic E-state index is -0.236. The standard InChI is InChI=1S/C20H30O2/c1-18(2)9-5-10-19(3)15(18)8-11-20(4)16(19)7-6-14(13-21)12-17(20)22/h6,13,15-16H,5,7-12H2,1-4H3. The molecule has 0 N–H and O–H groups in total. The molecule has 0 radical (unpaired) electrons. The van der Waals surface area contributed by atoms with Gasteiger partial charge in [-0.2, -0.15) is 0 Å². The van der Waals surface area contributed by atoms with Gasteiger partial charge in [0.1, 0.15) is 12.1 Å². The van der Waals surface area contributed by atoms with E-state index in [2.05, 4.69) is 33.8 Å². The van der Waals surface area contributed by atoms with Crippen molar-refractivity contribution in [3.8, 4) is 0 Å². The SMILES string of the molecule is CC1(C)CCCC2(C)C1CCC1(C)C(=O)CC(C=O)=CCC12. The summed E-state index contributed by atoms with van der Waals surface area (Å²) in [5, 5.41) is 0. The third-order valence-corrected chi connectivity index (χ3v) is 7.56. The van der Waals surface area contributed by atoms with Crippen LogP contribution in [0.2, 0.25) is 0 Å². The number of carbonyl (C=O) groups excluding carboxylic acids is 2. The number of carbonyl (C=O) groups is 2. The number of hydrogen-bond donors (Lipinski definition) is 0. The number of Topliss-reactive ketones (excluding diaryl/α,β-unsaturated/α-hetero) is 1. The van der Waals surface area contributed by atoms with Gasteiger partial charge in [0.2, 0.25) is 0 Å². The Balaban J connectivity index is 2.05. The highest BCUT2D eigenvalue weighted by atomic mass is 16.1. The maximum absolute atomic E-state index is 12.9. The van der Waals surface area contributed by atoms with E-state index in [1.54, 1.807) is 0 Å². The van der Waals surface area contributed by atoms with Gasteiger partial charge >= 0.3 is 0 Å². The topological polar surface area (TPSA) is 34.1 Å². The van der Waals surface area contributed by atoms with E-state index in [-0.39, 0.29) is 10.8 Å². The van der Waals surface area contributed by atoms with Gasteiger partial charge in [-0.1, -0.05) is 40.2 Å². The Labute approximate surface area is 134 Å². The van der Waals surface area contributed by atoms with Crippen molar-refractivity contribution in [2.75, 3.05) is 0 Å². The van der Waals surface area contributed by atoms with Gasteiger partial charge in [0.05, 0.1) is 0 Å².